The standard InChI is InChI=1S/C21H26ClN3O2/c1-27-20-9-5-3-7-17(20)19-15-23-11-13-25(19)12-10-21(26)24-14-16-6-2-4-8-18(16)22/h2-9,19,23H,10-15H2,1H3,(H,24,26). The highest BCUT2D eigenvalue weighted by Gasteiger charge is 2.26. The Kier molecular flexibility index (Phi) is 7.10. The first-order valence-electron chi connectivity index (χ1n) is 9.27. The van der Waals surface area contributed by atoms with Crippen LogP contribution in [0.15, 0.2) is 48.5 Å². The maximum absolute atomic E-state index is 12.3. The molecule has 2 aromatic carbocycles. The number of nitrogens with zero attached hydrogens (tertiary/aromatic N) is 1. The van der Waals surface area contributed by atoms with Crippen molar-refractivity contribution >= 4 is 17.5 Å². The number of piperazine rings is 1. The lowest BCUT2D eigenvalue weighted by Gasteiger charge is -2.37. The molecule has 0 saturated carbocycles. The van der Waals surface area contributed by atoms with Gasteiger partial charge in [-0.2, -0.15) is 0 Å². The molecule has 1 atom stereocenters. The van der Waals surface area contributed by atoms with Crippen molar-refractivity contribution in [1.29, 1.82) is 0 Å². The molecule has 1 heterocycles. The van der Waals surface area contributed by atoms with Crippen LogP contribution in [0, 0.1) is 0 Å². The molecule has 1 aliphatic heterocycles. The summed E-state index contributed by atoms with van der Waals surface area (Å²) in [5, 5.41) is 7.09. The maximum Gasteiger partial charge on any atom is 0.221 e. The van der Waals surface area contributed by atoms with Gasteiger partial charge in [-0.3, -0.25) is 9.69 Å². The number of ether oxygens (including phenoxy) is 1. The van der Waals surface area contributed by atoms with E-state index in [1.165, 1.54) is 0 Å². The number of hydrogen-bond donors (Lipinski definition) is 2. The minimum absolute atomic E-state index is 0.0345. The van der Waals surface area contributed by atoms with E-state index in [1.807, 2.05) is 42.5 Å². The molecule has 0 aliphatic carbocycles. The Bertz CT molecular complexity index is 769. The average Bonchev–Trinajstić information content (AvgIpc) is 2.72. The van der Waals surface area contributed by atoms with Gasteiger partial charge in [-0.15, -0.1) is 0 Å². The van der Waals surface area contributed by atoms with Gasteiger partial charge in [-0.1, -0.05) is 48.0 Å². The molecule has 1 unspecified atom stereocenters. The zero-order valence-corrected chi connectivity index (χ0v) is 16.3. The summed E-state index contributed by atoms with van der Waals surface area (Å²) in [4.78, 5) is 14.7. The van der Waals surface area contributed by atoms with Crippen molar-refractivity contribution in [1.82, 2.24) is 15.5 Å². The largest absolute Gasteiger partial charge is 0.496 e. The number of carbonyl (C=O) groups is 1. The number of carbonyl (C=O) groups excluding carboxylic acids is 1. The van der Waals surface area contributed by atoms with Crippen molar-refractivity contribution in [3.05, 3.63) is 64.7 Å². The van der Waals surface area contributed by atoms with Crippen LogP contribution in [-0.2, 0) is 11.3 Å². The van der Waals surface area contributed by atoms with E-state index in [-0.39, 0.29) is 11.9 Å². The van der Waals surface area contributed by atoms with Gasteiger partial charge in [0.2, 0.25) is 5.91 Å². The number of rotatable bonds is 7. The third-order valence-corrected chi connectivity index (χ3v) is 5.28. The summed E-state index contributed by atoms with van der Waals surface area (Å²) in [6.45, 7) is 3.84. The highest BCUT2D eigenvalue weighted by molar-refractivity contribution is 6.31. The molecule has 3 rings (SSSR count). The third-order valence-electron chi connectivity index (χ3n) is 4.91. The van der Waals surface area contributed by atoms with E-state index in [4.69, 9.17) is 16.3 Å². The second kappa shape index (κ2) is 9.74. The van der Waals surface area contributed by atoms with Gasteiger partial charge in [0.1, 0.15) is 5.75 Å². The van der Waals surface area contributed by atoms with Crippen LogP contribution in [0.4, 0.5) is 0 Å². The molecule has 1 fully saturated rings. The minimum atomic E-state index is 0.0345. The van der Waals surface area contributed by atoms with Gasteiger partial charge in [0.15, 0.2) is 0 Å². The quantitative estimate of drug-likeness (QED) is 0.766. The van der Waals surface area contributed by atoms with Gasteiger partial charge in [0.25, 0.3) is 0 Å². The zero-order chi connectivity index (χ0) is 19.1. The smallest absolute Gasteiger partial charge is 0.221 e. The normalized spacial score (nSPS) is 17.5. The van der Waals surface area contributed by atoms with Crippen molar-refractivity contribution in [3.8, 4) is 5.75 Å². The number of hydrogen-bond acceptors (Lipinski definition) is 4. The predicted molar refractivity (Wildman–Crippen MR) is 108 cm³/mol. The summed E-state index contributed by atoms with van der Waals surface area (Å²) in [7, 11) is 1.70. The Hall–Kier alpha value is -2.08. The summed E-state index contributed by atoms with van der Waals surface area (Å²) in [6.07, 6.45) is 0.454. The lowest BCUT2D eigenvalue weighted by Crippen LogP contribution is -2.47. The van der Waals surface area contributed by atoms with Gasteiger partial charge in [0, 0.05) is 49.7 Å². The van der Waals surface area contributed by atoms with Crippen LogP contribution in [0.25, 0.3) is 0 Å². The van der Waals surface area contributed by atoms with E-state index >= 15 is 0 Å². The van der Waals surface area contributed by atoms with Crippen LogP contribution in [-0.4, -0.2) is 44.1 Å². The molecule has 1 amide bonds. The molecular weight excluding hydrogens is 362 g/mol. The van der Waals surface area contributed by atoms with Crippen molar-refractivity contribution in [2.45, 2.75) is 19.0 Å². The van der Waals surface area contributed by atoms with E-state index in [2.05, 4.69) is 21.6 Å². The molecule has 0 radical (unpaired) electrons. The van der Waals surface area contributed by atoms with Gasteiger partial charge >= 0.3 is 0 Å². The van der Waals surface area contributed by atoms with E-state index < -0.39 is 0 Å². The Morgan fingerprint density at radius 2 is 2.04 bits per heavy atom. The van der Waals surface area contributed by atoms with Crippen LogP contribution in [0.2, 0.25) is 5.02 Å². The number of amides is 1. The highest BCUT2D eigenvalue weighted by atomic mass is 35.5. The fraction of sp³-hybridized carbons (Fsp3) is 0.381. The fourth-order valence-corrected chi connectivity index (χ4v) is 3.63. The summed E-state index contributed by atoms with van der Waals surface area (Å²) < 4.78 is 5.53. The zero-order valence-electron chi connectivity index (χ0n) is 15.6. The van der Waals surface area contributed by atoms with Crippen LogP contribution >= 0.6 is 11.6 Å². The van der Waals surface area contributed by atoms with Gasteiger partial charge < -0.3 is 15.4 Å². The second-order valence-electron chi connectivity index (χ2n) is 6.62. The molecule has 144 valence electrons. The Labute approximate surface area is 165 Å². The second-order valence-corrected chi connectivity index (χ2v) is 7.02. The van der Waals surface area contributed by atoms with E-state index in [0.717, 1.165) is 36.5 Å². The van der Waals surface area contributed by atoms with Gasteiger partial charge in [-0.25, -0.2) is 0 Å². The van der Waals surface area contributed by atoms with E-state index in [1.54, 1.807) is 7.11 Å². The Balaban J connectivity index is 1.56. The predicted octanol–water partition coefficient (Wildman–Crippen LogP) is 3.00. The Morgan fingerprint density at radius 1 is 1.26 bits per heavy atom. The average molecular weight is 388 g/mol. The molecule has 2 aromatic rings. The summed E-state index contributed by atoms with van der Waals surface area (Å²) in [5.41, 5.74) is 2.09. The summed E-state index contributed by atoms with van der Waals surface area (Å²) in [5.74, 6) is 0.923. The molecule has 6 heteroatoms. The van der Waals surface area contributed by atoms with Crippen molar-refractivity contribution < 1.29 is 9.53 Å². The molecule has 5 nitrogen and oxygen atoms in total. The monoisotopic (exact) mass is 387 g/mol. The number of para-hydroxylation sites is 1. The SMILES string of the molecule is COc1ccccc1C1CNCCN1CCC(=O)NCc1ccccc1Cl. The van der Waals surface area contributed by atoms with E-state index in [0.29, 0.717) is 24.5 Å². The summed E-state index contributed by atoms with van der Waals surface area (Å²) in [6, 6.07) is 15.9. The molecule has 27 heavy (non-hydrogen) atoms. The first-order chi connectivity index (χ1) is 13.2. The van der Waals surface area contributed by atoms with Gasteiger partial charge in [0.05, 0.1) is 13.2 Å². The molecular formula is C21H26ClN3O2. The number of methoxy groups -OCH3 is 1. The first-order valence-corrected chi connectivity index (χ1v) is 9.64. The van der Waals surface area contributed by atoms with E-state index in [9.17, 15) is 4.79 Å². The van der Waals surface area contributed by atoms with Crippen LogP contribution in [0.5, 0.6) is 5.75 Å². The summed E-state index contributed by atoms with van der Waals surface area (Å²) >= 11 is 6.14. The van der Waals surface area contributed by atoms with Crippen molar-refractivity contribution in [2.24, 2.45) is 0 Å². The van der Waals surface area contributed by atoms with Gasteiger partial charge in [-0.05, 0) is 17.7 Å². The molecule has 0 aromatic heterocycles. The third kappa shape index (κ3) is 5.22. The molecule has 1 aliphatic rings. The lowest BCUT2D eigenvalue weighted by molar-refractivity contribution is -0.121. The fourth-order valence-electron chi connectivity index (χ4n) is 3.43. The van der Waals surface area contributed by atoms with Crippen LogP contribution < -0.4 is 15.4 Å². The first kappa shape index (κ1) is 19.7. The maximum atomic E-state index is 12.3. The molecule has 0 spiro atoms. The van der Waals surface area contributed by atoms with Crippen LogP contribution in [0.3, 0.4) is 0 Å². The topological polar surface area (TPSA) is 53.6 Å². The molecule has 0 bridgehead atoms. The van der Waals surface area contributed by atoms with Crippen molar-refractivity contribution in [2.75, 3.05) is 33.3 Å². The molecule has 1 saturated heterocycles. The lowest BCUT2D eigenvalue weighted by atomic mass is 10.0. The minimum Gasteiger partial charge on any atom is -0.496 e. The molecule has 2 N–H and O–H groups in total. The number of halogens is 1. The highest BCUT2D eigenvalue weighted by Crippen LogP contribution is 2.30. The number of nitrogens with one attached hydrogen (secondary N) is 2. The number of benzene rings is 2. The Morgan fingerprint density at radius 3 is 2.85 bits per heavy atom. The van der Waals surface area contributed by atoms with Crippen LogP contribution in [0.1, 0.15) is 23.6 Å². The van der Waals surface area contributed by atoms with Crippen molar-refractivity contribution in [3.63, 3.8) is 0 Å².